The van der Waals surface area contributed by atoms with Gasteiger partial charge in [0.15, 0.2) is 0 Å². The summed E-state index contributed by atoms with van der Waals surface area (Å²) in [6.45, 7) is 2.16. The lowest BCUT2D eigenvalue weighted by atomic mass is 10.0. The number of aliphatic hydroxyl groups is 2. The van der Waals surface area contributed by atoms with Crippen molar-refractivity contribution in [3.63, 3.8) is 0 Å². The zero-order valence-electron chi connectivity index (χ0n) is 16.6. The summed E-state index contributed by atoms with van der Waals surface area (Å²) in [5.74, 6) is 0.928. The fourth-order valence-electron chi connectivity index (χ4n) is 3.73. The Morgan fingerprint density at radius 3 is 2.67 bits per heavy atom. The molecule has 27 heavy (non-hydrogen) atoms. The lowest BCUT2D eigenvalue weighted by molar-refractivity contribution is -0.137. The van der Waals surface area contributed by atoms with Crippen molar-refractivity contribution in [1.82, 2.24) is 0 Å². The monoisotopic (exact) mass is 396 g/mol. The molecule has 3 atom stereocenters. The molecule has 0 aromatic heterocycles. The minimum Gasteiger partial charge on any atom is -0.481 e. The van der Waals surface area contributed by atoms with Crippen LogP contribution in [0.1, 0.15) is 77.6 Å². The van der Waals surface area contributed by atoms with E-state index in [1.165, 1.54) is 23.3 Å². The highest BCUT2D eigenvalue weighted by molar-refractivity contribution is 8.03. The Hall–Kier alpha value is -0.780. The second-order valence-corrected chi connectivity index (χ2v) is 9.10. The number of hydrogen-bond donors (Lipinski definition) is 3. The minimum absolute atomic E-state index is 0.0189. The average molecular weight is 397 g/mol. The smallest absolute Gasteiger partial charge is 0.303 e. The summed E-state index contributed by atoms with van der Waals surface area (Å²) in [6.07, 6.45) is 13.4. The van der Waals surface area contributed by atoms with Crippen molar-refractivity contribution in [2.45, 2.75) is 89.8 Å². The number of thioether (sulfide) groups is 1. The van der Waals surface area contributed by atoms with E-state index in [-0.39, 0.29) is 18.4 Å². The molecule has 2 rings (SSSR count). The molecule has 0 heterocycles. The van der Waals surface area contributed by atoms with Crippen molar-refractivity contribution in [2.75, 3.05) is 5.75 Å². The van der Waals surface area contributed by atoms with Gasteiger partial charge in [-0.1, -0.05) is 50.3 Å². The van der Waals surface area contributed by atoms with Gasteiger partial charge in [0.05, 0.1) is 12.2 Å². The van der Waals surface area contributed by atoms with Gasteiger partial charge in [0, 0.05) is 12.3 Å². The number of carbonyl (C=O) groups is 1. The average Bonchev–Trinajstić information content (AvgIpc) is 3.41. The Labute approximate surface area is 168 Å². The van der Waals surface area contributed by atoms with Crippen molar-refractivity contribution in [3.8, 4) is 0 Å². The molecule has 0 radical (unpaired) electrons. The first-order chi connectivity index (χ1) is 13.0. The first kappa shape index (κ1) is 22.5. The molecule has 3 N–H and O–H groups in total. The maximum Gasteiger partial charge on any atom is 0.303 e. The molecule has 1 fully saturated rings. The highest BCUT2D eigenvalue weighted by atomic mass is 32.2. The third kappa shape index (κ3) is 8.00. The topological polar surface area (TPSA) is 77.8 Å². The van der Waals surface area contributed by atoms with Crippen LogP contribution >= 0.6 is 11.8 Å². The van der Waals surface area contributed by atoms with Crippen LogP contribution in [0.15, 0.2) is 22.6 Å². The zero-order valence-corrected chi connectivity index (χ0v) is 17.4. The van der Waals surface area contributed by atoms with Crippen LogP contribution in [-0.4, -0.2) is 39.2 Å². The van der Waals surface area contributed by atoms with E-state index in [9.17, 15) is 15.0 Å². The highest BCUT2D eigenvalue weighted by Crippen LogP contribution is 2.50. The van der Waals surface area contributed by atoms with Gasteiger partial charge < -0.3 is 15.3 Å². The molecule has 4 nitrogen and oxygen atoms in total. The molecule has 0 saturated heterocycles. The number of carboxylic acids is 1. The number of aliphatic hydroxyl groups excluding tert-OH is 2. The Balaban J connectivity index is 1.86. The number of unbranched alkanes of at least 4 members (excludes halogenated alkanes) is 4. The molecule has 0 amide bonds. The van der Waals surface area contributed by atoms with E-state index in [1.807, 2.05) is 23.9 Å². The number of aliphatic carboxylic acids is 1. The van der Waals surface area contributed by atoms with Crippen LogP contribution in [0.2, 0.25) is 0 Å². The predicted molar refractivity (Wildman–Crippen MR) is 112 cm³/mol. The van der Waals surface area contributed by atoms with Crippen molar-refractivity contribution in [3.05, 3.63) is 22.6 Å². The second kappa shape index (κ2) is 11.9. The fraction of sp³-hybridized carbons (Fsp3) is 0.773. The molecule has 0 bridgehead atoms. The Morgan fingerprint density at radius 2 is 2.00 bits per heavy atom. The van der Waals surface area contributed by atoms with Crippen molar-refractivity contribution < 1.29 is 20.1 Å². The molecular weight excluding hydrogens is 360 g/mol. The normalized spacial score (nSPS) is 24.1. The van der Waals surface area contributed by atoms with Gasteiger partial charge >= 0.3 is 5.97 Å². The predicted octanol–water partition coefficient (Wildman–Crippen LogP) is 4.91. The van der Waals surface area contributed by atoms with Crippen LogP contribution in [0, 0.1) is 11.8 Å². The van der Waals surface area contributed by atoms with Crippen LogP contribution in [0.25, 0.3) is 0 Å². The largest absolute Gasteiger partial charge is 0.481 e. The highest BCUT2D eigenvalue weighted by Gasteiger charge is 2.39. The number of hydrogen-bond acceptors (Lipinski definition) is 4. The lowest BCUT2D eigenvalue weighted by Crippen LogP contribution is -2.14. The molecule has 1 saturated carbocycles. The van der Waals surface area contributed by atoms with E-state index in [1.54, 1.807) is 0 Å². The van der Waals surface area contributed by atoms with Gasteiger partial charge in [0.2, 0.25) is 0 Å². The van der Waals surface area contributed by atoms with Gasteiger partial charge in [-0.25, -0.2) is 0 Å². The summed E-state index contributed by atoms with van der Waals surface area (Å²) in [5.41, 5.74) is 1.44. The third-order valence-electron chi connectivity index (χ3n) is 5.47. The van der Waals surface area contributed by atoms with Crippen LogP contribution in [-0.2, 0) is 4.79 Å². The van der Waals surface area contributed by atoms with Gasteiger partial charge in [-0.2, -0.15) is 0 Å². The SMILES string of the molecule is CCCCC[C@H](O)/C=C/[C@@H]1C(SCCCCCC(=O)O)=C(C2CC2)C[C@H]1O. The first-order valence-corrected chi connectivity index (χ1v) is 11.6. The first-order valence-electron chi connectivity index (χ1n) is 10.6. The van der Waals surface area contributed by atoms with Crippen molar-refractivity contribution >= 4 is 17.7 Å². The summed E-state index contributed by atoms with van der Waals surface area (Å²) in [4.78, 5) is 11.9. The van der Waals surface area contributed by atoms with Gasteiger partial charge in [-0.05, 0) is 55.1 Å². The summed E-state index contributed by atoms with van der Waals surface area (Å²) < 4.78 is 0. The van der Waals surface area contributed by atoms with Crippen LogP contribution in [0.4, 0.5) is 0 Å². The van der Waals surface area contributed by atoms with E-state index in [0.717, 1.165) is 57.1 Å². The Kier molecular flexibility index (Phi) is 9.94. The molecule has 0 aliphatic heterocycles. The van der Waals surface area contributed by atoms with Gasteiger partial charge in [-0.3, -0.25) is 4.79 Å². The molecular formula is C22H36O4S. The molecule has 154 valence electrons. The minimum atomic E-state index is -0.719. The molecule has 5 heteroatoms. The summed E-state index contributed by atoms with van der Waals surface area (Å²) >= 11 is 1.84. The standard InChI is InChI=1S/C22H36O4S/c1-2-3-5-8-17(23)12-13-18-20(24)15-19(16-10-11-16)22(18)27-14-7-4-6-9-21(25)26/h12-13,16-18,20,23-24H,2-11,14-15H2,1H3,(H,25,26)/b13-12+/t17-,18-,20+/m0/s1. The van der Waals surface area contributed by atoms with Gasteiger partial charge in [0.25, 0.3) is 0 Å². The molecule has 2 aliphatic carbocycles. The summed E-state index contributed by atoms with van der Waals surface area (Å²) in [7, 11) is 0. The van der Waals surface area contributed by atoms with Crippen molar-refractivity contribution in [1.29, 1.82) is 0 Å². The molecule has 0 unspecified atom stereocenters. The second-order valence-electron chi connectivity index (χ2n) is 7.96. The Bertz CT molecular complexity index is 524. The third-order valence-corrected chi connectivity index (χ3v) is 6.81. The fourth-order valence-corrected chi connectivity index (χ4v) is 5.16. The maximum atomic E-state index is 10.6. The molecule has 2 aliphatic rings. The Morgan fingerprint density at radius 1 is 1.22 bits per heavy atom. The van der Waals surface area contributed by atoms with E-state index in [4.69, 9.17) is 5.11 Å². The zero-order chi connectivity index (χ0) is 19.6. The van der Waals surface area contributed by atoms with Crippen LogP contribution in [0.5, 0.6) is 0 Å². The summed E-state index contributed by atoms with van der Waals surface area (Å²) in [5, 5.41) is 29.5. The van der Waals surface area contributed by atoms with Crippen molar-refractivity contribution in [2.24, 2.45) is 11.8 Å². The quantitative estimate of drug-likeness (QED) is 0.287. The van der Waals surface area contributed by atoms with E-state index >= 15 is 0 Å². The van der Waals surface area contributed by atoms with E-state index in [2.05, 4.69) is 6.92 Å². The van der Waals surface area contributed by atoms with Gasteiger partial charge in [0.1, 0.15) is 0 Å². The van der Waals surface area contributed by atoms with E-state index in [0.29, 0.717) is 5.92 Å². The van der Waals surface area contributed by atoms with Gasteiger partial charge in [-0.15, -0.1) is 11.8 Å². The molecule has 0 spiro atoms. The summed E-state index contributed by atoms with van der Waals surface area (Å²) in [6, 6.07) is 0. The number of carboxylic acid groups (broad SMARTS) is 1. The number of rotatable bonds is 14. The maximum absolute atomic E-state index is 10.6. The lowest BCUT2D eigenvalue weighted by Gasteiger charge is -2.16. The molecule has 0 aromatic rings. The van der Waals surface area contributed by atoms with E-state index < -0.39 is 12.1 Å². The van der Waals surface area contributed by atoms with Crippen LogP contribution < -0.4 is 0 Å². The molecule has 0 aromatic carbocycles. The van der Waals surface area contributed by atoms with Crippen LogP contribution in [0.3, 0.4) is 0 Å².